The predicted octanol–water partition coefficient (Wildman–Crippen LogP) is 5.26. The average Bonchev–Trinajstić information content (AvgIpc) is 2.99. The molecule has 1 heterocycles. The number of carbonyl (C=O) groups excluding carboxylic acids is 2. The van der Waals surface area contributed by atoms with Crippen LogP contribution in [0.5, 0.6) is 5.75 Å². The van der Waals surface area contributed by atoms with E-state index < -0.39 is 41.2 Å². The van der Waals surface area contributed by atoms with Crippen LogP contribution in [0.2, 0.25) is 0 Å². The van der Waals surface area contributed by atoms with E-state index in [4.69, 9.17) is 0 Å². The Labute approximate surface area is 183 Å². The van der Waals surface area contributed by atoms with Gasteiger partial charge in [-0.25, -0.2) is 13.7 Å². The second-order valence-corrected chi connectivity index (χ2v) is 6.85. The number of rotatable bonds is 5. The molecule has 0 saturated heterocycles. The van der Waals surface area contributed by atoms with Gasteiger partial charge in [0.2, 0.25) is 0 Å². The molecule has 0 saturated carbocycles. The van der Waals surface area contributed by atoms with E-state index in [1.165, 1.54) is 12.1 Å². The van der Waals surface area contributed by atoms with Crippen molar-refractivity contribution in [2.45, 2.75) is 6.36 Å². The third-order valence-corrected chi connectivity index (χ3v) is 4.65. The lowest BCUT2D eigenvalue weighted by atomic mass is 10.0. The zero-order chi connectivity index (χ0) is 23.8. The van der Waals surface area contributed by atoms with Crippen LogP contribution in [0.1, 0.15) is 5.56 Å². The Morgan fingerprint density at radius 2 is 1.48 bits per heavy atom. The first-order valence-electron chi connectivity index (χ1n) is 9.40. The summed E-state index contributed by atoms with van der Waals surface area (Å²) >= 11 is 0. The van der Waals surface area contributed by atoms with Gasteiger partial charge < -0.3 is 10.1 Å². The number of halogens is 5. The van der Waals surface area contributed by atoms with Gasteiger partial charge in [-0.2, -0.15) is 0 Å². The Hall–Kier alpha value is -4.21. The topological polar surface area (TPSA) is 58.6 Å². The van der Waals surface area contributed by atoms with Gasteiger partial charge in [-0.1, -0.05) is 30.3 Å². The van der Waals surface area contributed by atoms with Crippen molar-refractivity contribution in [1.82, 2.24) is 0 Å². The number of nitrogens with zero attached hydrogens (tertiary/aromatic N) is 1. The first-order chi connectivity index (χ1) is 15.6. The maximum Gasteiger partial charge on any atom is 0.573 e. The summed E-state index contributed by atoms with van der Waals surface area (Å²) in [5.41, 5.74) is -0.221. The fourth-order valence-corrected chi connectivity index (χ4v) is 3.28. The lowest BCUT2D eigenvalue weighted by Crippen LogP contribution is -2.33. The molecule has 1 N–H and O–H groups in total. The van der Waals surface area contributed by atoms with Crippen LogP contribution in [-0.2, 0) is 9.59 Å². The normalized spacial score (nSPS) is 14.2. The Bertz CT molecular complexity index is 1260. The van der Waals surface area contributed by atoms with Crippen molar-refractivity contribution in [3.8, 4) is 5.75 Å². The van der Waals surface area contributed by atoms with Crippen molar-refractivity contribution >= 4 is 28.8 Å². The minimum atomic E-state index is -4.87. The summed E-state index contributed by atoms with van der Waals surface area (Å²) < 4.78 is 68.7. The first kappa shape index (κ1) is 22.0. The van der Waals surface area contributed by atoms with E-state index in [2.05, 4.69) is 10.1 Å². The molecule has 0 radical (unpaired) electrons. The van der Waals surface area contributed by atoms with Crippen LogP contribution in [0.25, 0.3) is 5.57 Å². The number of carbonyl (C=O) groups is 2. The Balaban J connectivity index is 1.73. The zero-order valence-corrected chi connectivity index (χ0v) is 16.5. The van der Waals surface area contributed by atoms with E-state index in [9.17, 15) is 31.5 Å². The van der Waals surface area contributed by atoms with Crippen LogP contribution in [-0.4, -0.2) is 18.2 Å². The van der Waals surface area contributed by atoms with Crippen molar-refractivity contribution < 1.29 is 36.3 Å². The molecule has 168 valence electrons. The standard InChI is InChI=1S/C23H13F5N2O3/c24-14-6-11-18(17(25)12-14)30-21(31)19(13-4-2-1-3-5-13)20(22(30)32)29-15-7-9-16(10-8-15)33-23(26,27)28/h1-12,29H. The van der Waals surface area contributed by atoms with E-state index in [-0.39, 0.29) is 17.0 Å². The highest BCUT2D eigenvalue weighted by molar-refractivity contribution is 6.46. The molecule has 4 rings (SSSR count). The van der Waals surface area contributed by atoms with Gasteiger partial charge >= 0.3 is 6.36 Å². The SMILES string of the molecule is O=C1C(Nc2ccc(OC(F)(F)F)cc2)=C(c2ccccc2)C(=O)N1c1ccc(F)cc1F. The highest BCUT2D eigenvalue weighted by Crippen LogP contribution is 2.35. The highest BCUT2D eigenvalue weighted by Gasteiger charge is 2.41. The molecule has 1 aliphatic rings. The first-order valence-corrected chi connectivity index (χ1v) is 9.40. The minimum absolute atomic E-state index is 0.0834. The van der Waals surface area contributed by atoms with Gasteiger partial charge in [0.15, 0.2) is 0 Å². The molecule has 10 heteroatoms. The van der Waals surface area contributed by atoms with Gasteiger partial charge in [0.05, 0.1) is 11.3 Å². The van der Waals surface area contributed by atoms with Gasteiger partial charge in [0.1, 0.15) is 23.1 Å². The number of amides is 2. The number of hydrogen-bond donors (Lipinski definition) is 1. The Morgan fingerprint density at radius 3 is 2.09 bits per heavy atom. The van der Waals surface area contributed by atoms with E-state index in [1.54, 1.807) is 30.3 Å². The van der Waals surface area contributed by atoms with Gasteiger partial charge in [-0.05, 0) is 42.0 Å². The predicted molar refractivity (Wildman–Crippen MR) is 109 cm³/mol. The van der Waals surface area contributed by atoms with Crippen LogP contribution >= 0.6 is 0 Å². The van der Waals surface area contributed by atoms with Crippen molar-refractivity contribution in [3.05, 3.63) is 95.7 Å². The van der Waals surface area contributed by atoms with Gasteiger partial charge in [-0.15, -0.1) is 13.2 Å². The number of anilines is 2. The van der Waals surface area contributed by atoms with Crippen molar-refractivity contribution in [3.63, 3.8) is 0 Å². The minimum Gasteiger partial charge on any atom is -0.406 e. The summed E-state index contributed by atoms with van der Waals surface area (Å²) in [6, 6.07) is 15.0. The fourth-order valence-electron chi connectivity index (χ4n) is 3.28. The summed E-state index contributed by atoms with van der Waals surface area (Å²) in [7, 11) is 0. The molecule has 5 nitrogen and oxygen atoms in total. The molecule has 3 aromatic carbocycles. The summed E-state index contributed by atoms with van der Waals surface area (Å²) in [4.78, 5) is 26.9. The molecule has 0 unspecified atom stereocenters. The molecular weight excluding hydrogens is 447 g/mol. The molecule has 0 bridgehead atoms. The van der Waals surface area contributed by atoms with Gasteiger partial charge in [0.25, 0.3) is 11.8 Å². The second kappa shape index (κ2) is 8.38. The van der Waals surface area contributed by atoms with Gasteiger partial charge in [0, 0.05) is 11.8 Å². The smallest absolute Gasteiger partial charge is 0.406 e. The van der Waals surface area contributed by atoms with Crippen LogP contribution < -0.4 is 15.0 Å². The Morgan fingerprint density at radius 1 is 0.818 bits per heavy atom. The summed E-state index contributed by atoms with van der Waals surface area (Å²) in [6.07, 6.45) is -4.87. The maximum absolute atomic E-state index is 14.4. The van der Waals surface area contributed by atoms with Crippen molar-refractivity contribution in [2.75, 3.05) is 10.2 Å². The quantitative estimate of drug-likeness (QED) is 0.417. The van der Waals surface area contributed by atoms with Crippen LogP contribution in [0.15, 0.2) is 78.5 Å². The number of imide groups is 1. The van der Waals surface area contributed by atoms with E-state index in [1.807, 2.05) is 0 Å². The zero-order valence-electron chi connectivity index (χ0n) is 16.5. The molecule has 0 aromatic heterocycles. The Kier molecular flexibility index (Phi) is 5.59. The van der Waals surface area contributed by atoms with Crippen LogP contribution in [0, 0.1) is 11.6 Å². The molecule has 2 amide bonds. The fraction of sp³-hybridized carbons (Fsp3) is 0.0435. The van der Waals surface area contributed by atoms with Crippen LogP contribution in [0.4, 0.5) is 33.3 Å². The molecule has 3 aromatic rings. The molecule has 33 heavy (non-hydrogen) atoms. The second-order valence-electron chi connectivity index (χ2n) is 6.85. The molecule has 0 aliphatic carbocycles. The molecular formula is C23H13F5N2O3. The third kappa shape index (κ3) is 4.54. The van der Waals surface area contributed by atoms with E-state index in [0.717, 1.165) is 24.3 Å². The van der Waals surface area contributed by atoms with E-state index >= 15 is 0 Å². The molecule has 0 spiro atoms. The lowest BCUT2D eigenvalue weighted by Gasteiger charge is -2.16. The third-order valence-electron chi connectivity index (χ3n) is 4.65. The average molecular weight is 460 g/mol. The number of hydrogen-bond acceptors (Lipinski definition) is 4. The largest absolute Gasteiger partial charge is 0.573 e. The summed E-state index contributed by atoms with van der Waals surface area (Å²) in [6.45, 7) is 0. The lowest BCUT2D eigenvalue weighted by molar-refractivity contribution is -0.274. The number of nitrogens with one attached hydrogen (secondary N) is 1. The van der Waals surface area contributed by atoms with Crippen molar-refractivity contribution in [1.29, 1.82) is 0 Å². The molecule has 0 atom stereocenters. The van der Waals surface area contributed by atoms with Gasteiger partial charge in [-0.3, -0.25) is 9.59 Å². The maximum atomic E-state index is 14.4. The molecule has 0 fully saturated rings. The summed E-state index contributed by atoms with van der Waals surface area (Å²) in [5.74, 6) is -4.24. The monoisotopic (exact) mass is 460 g/mol. The van der Waals surface area contributed by atoms with Crippen molar-refractivity contribution in [2.24, 2.45) is 0 Å². The highest BCUT2D eigenvalue weighted by atomic mass is 19.4. The molecule has 1 aliphatic heterocycles. The van der Waals surface area contributed by atoms with Crippen LogP contribution in [0.3, 0.4) is 0 Å². The van der Waals surface area contributed by atoms with E-state index in [0.29, 0.717) is 16.5 Å². The number of alkyl halides is 3. The number of ether oxygens (including phenoxy) is 1. The number of benzene rings is 3. The summed E-state index contributed by atoms with van der Waals surface area (Å²) in [5, 5.41) is 2.72.